The zero-order valence-electron chi connectivity index (χ0n) is 18.6. The number of carbonyl (C=O) groups excluding carboxylic acids is 1. The fourth-order valence-electron chi connectivity index (χ4n) is 3.35. The Morgan fingerprint density at radius 3 is 2.37 bits per heavy atom. The Morgan fingerprint density at radius 1 is 1.20 bits per heavy atom. The van der Waals surface area contributed by atoms with E-state index in [0.717, 1.165) is 17.0 Å². The standard InChI is InChI=1S/C23H29ClN4O2/c1-13(17-8-10-18(11-9-17)23(5,6)7)25-22(29)21-19(16(4)30-27-21)12-28-15(3)20(24)14(2)26-28/h8-11,13H,12H2,1-7H3,(H,25,29). The highest BCUT2D eigenvalue weighted by Crippen LogP contribution is 2.25. The van der Waals surface area contributed by atoms with Gasteiger partial charge < -0.3 is 9.84 Å². The number of nitrogens with zero attached hydrogens (tertiary/aromatic N) is 3. The number of aromatic nitrogens is 3. The van der Waals surface area contributed by atoms with E-state index in [1.54, 1.807) is 11.6 Å². The van der Waals surface area contributed by atoms with E-state index in [9.17, 15) is 4.79 Å². The van der Waals surface area contributed by atoms with Crippen LogP contribution in [0.4, 0.5) is 0 Å². The Balaban J connectivity index is 1.78. The number of nitrogens with one attached hydrogen (secondary N) is 1. The molecule has 0 fully saturated rings. The highest BCUT2D eigenvalue weighted by Gasteiger charge is 2.23. The minimum absolute atomic E-state index is 0.0873. The molecule has 1 unspecified atom stereocenters. The van der Waals surface area contributed by atoms with E-state index < -0.39 is 0 Å². The number of benzene rings is 1. The number of hydrogen-bond donors (Lipinski definition) is 1. The molecule has 0 radical (unpaired) electrons. The summed E-state index contributed by atoms with van der Waals surface area (Å²) < 4.78 is 7.09. The number of halogens is 1. The molecule has 0 saturated heterocycles. The minimum Gasteiger partial charge on any atom is -0.361 e. The second kappa shape index (κ2) is 8.26. The summed E-state index contributed by atoms with van der Waals surface area (Å²) in [6.45, 7) is 14.4. The van der Waals surface area contributed by atoms with Crippen molar-refractivity contribution in [2.75, 3.05) is 0 Å². The molecule has 6 nitrogen and oxygen atoms in total. The van der Waals surface area contributed by atoms with E-state index in [4.69, 9.17) is 16.1 Å². The van der Waals surface area contributed by atoms with Gasteiger partial charge in [0.1, 0.15) is 5.76 Å². The van der Waals surface area contributed by atoms with Gasteiger partial charge in [0.05, 0.1) is 29.0 Å². The predicted octanol–water partition coefficient (Wildman–Crippen LogP) is 5.29. The van der Waals surface area contributed by atoms with Crippen molar-refractivity contribution in [3.63, 3.8) is 0 Å². The fraction of sp³-hybridized carbons (Fsp3) is 0.435. The zero-order valence-corrected chi connectivity index (χ0v) is 19.4. The predicted molar refractivity (Wildman–Crippen MR) is 118 cm³/mol. The van der Waals surface area contributed by atoms with E-state index in [-0.39, 0.29) is 23.1 Å². The van der Waals surface area contributed by atoms with Gasteiger partial charge in [0, 0.05) is 5.56 Å². The molecule has 0 aliphatic carbocycles. The van der Waals surface area contributed by atoms with Crippen molar-refractivity contribution in [1.29, 1.82) is 0 Å². The first-order chi connectivity index (χ1) is 14.0. The van der Waals surface area contributed by atoms with Crippen LogP contribution in [0.3, 0.4) is 0 Å². The molecule has 7 heteroatoms. The number of aryl methyl sites for hydroxylation is 2. The summed E-state index contributed by atoms with van der Waals surface area (Å²) in [6.07, 6.45) is 0. The molecule has 1 aromatic carbocycles. The van der Waals surface area contributed by atoms with Crippen molar-refractivity contribution in [2.24, 2.45) is 0 Å². The molecule has 0 aliphatic rings. The Labute approximate surface area is 182 Å². The van der Waals surface area contributed by atoms with Gasteiger partial charge in [-0.25, -0.2) is 0 Å². The monoisotopic (exact) mass is 428 g/mol. The van der Waals surface area contributed by atoms with Crippen molar-refractivity contribution >= 4 is 17.5 Å². The second-order valence-corrected chi connectivity index (χ2v) is 9.15. The van der Waals surface area contributed by atoms with Crippen LogP contribution >= 0.6 is 11.6 Å². The SMILES string of the molecule is Cc1nn(Cc2c(C(=O)NC(C)c3ccc(C(C)(C)C)cc3)noc2C)c(C)c1Cl. The Hall–Kier alpha value is -2.60. The summed E-state index contributed by atoms with van der Waals surface area (Å²) in [4.78, 5) is 12.9. The van der Waals surface area contributed by atoms with Crippen LogP contribution in [0.15, 0.2) is 28.8 Å². The van der Waals surface area contributed by atoms with E-state index in [1.807, 2.05) is 20.8 Å². The summed E-state index contributed by atoms with van der Waals surface area (Å²) >= 11 is 6.25. The lowest BCUT2D eigenvalue weighted by molar-refractivity contribution is 0.0929. The summed E-state index contributed by atoms with van der Waals surface area (Å²) in [6, 6.07) is 8.16. The summed E-state index contributed by atoms with van der Waals surface area (Å²) in [5.74, 6) is 0.313. The van der Waals surface area contributed by atoms with Gasteiger partial charge in [0.2, 0.25) is 0 Å². The molecule has 2 aromatic heterocycles. The van der Waals surface area contributed by atoms with Crippen LogP contribution in [-0.2, 0) is 12.0 Å². The van der Waals surface area contributed by atoms with Gasteiger partial charge in [-0.1, -0.05) is 61.8 Å². The van der Waals surface area contributed by atoms with E-state index >= 15 is 0 Å². The maximum Gasteiger partial charge on any atom is 0.274 e. The molecule has 0 aliphatic heterocycles. The third-order valence-electron chi connectivity index (χ3n) is 5.43. The van der Waals surface area contributed by atoms with Gasteiger partial charge >= 0.3 is 0 Å². The van der Waals surface area contributed by atoms with Crippen LogP contribution in [-0.4, -0.2) is 20.8 Å². The van der Waals surface area contributed by atoms with Gasteiger partial charge in [-0.2, -0.15) is 5.10 Å². The van der Waals surface area contributed by atoms with Crippen molar-refractivity contribution in [3.05, 3.63) is 68.8 Å². The second-order valence-electron chi connectivity index (χ2n) is 8.78. The van der Waals surface area contributed by atoms with Crippen LogP contribution < -0.4 is 5.32 Å². The first kappa shape index (κ1) is 22.1. The molecular formula is C23H29ClN4O2. The molecule has 2 heterocycles. The third-order valence-corrected chi connectivity index (χ3v) is 5.97. The minimum atomic E-state index is -0.276. The topological polar surface area (TPSA) is 73.0 Å². The zero-order chi connectivity index (χ0) is 22.2. The van der Waals surface area contributed by atoms with Gasteiger partial charge in [-0.15, -0.1) is 0 Å². The number of amides is 1. The summed E-state index contributed by atoms with van der Waals surface area (Å²) in [5.41, 5.74) is 4.94. The van der Waals surface area contributed by atoms with Crippen molar-refractivity contribution in [1.82, 2.24) is 20.3 Å². The molecule has 1 atom stereocenters. The van der Waals surface area contributed by atoms with E-state index in [0.29, 0.717) is 22.9 Å². The van der Waals surface area contributed by atoms with E-state index in [2.05, 4.69) is 60.6 Å². The largest absolute Gasteiger partial charge is 0.361 e. The number of rotatable bonds is 5. The van der Waals surface area contributed by atoms with Gasteiger partial charge in [-0.3, -0.25) is 9.48 Å². The molecule has 0 bridgehead atoms. The van der Waals surface area contributed by atoms with Crippen molar-refractivity contribution in [3.8, 4) is 0 Å². The Morgan fingerprint density at radius 2 is 1.83 bits per heavy atom. The molecule has 3 rings (SSSR count). The molecule has 0 spiro atoms. The number of carbonyl (C=O) groups is 1. The molecule has 30 heavy (non-hydrogen) atoms. The summed E-state index contributed by atoms with van der Waals surface area (Å²) in [5, 5.41) is 12.1. The smallest absolute Gasteiger partial charge is 0.274 e. The van der Waals surface area contributed by atoms with Crippen molar-refractivity contribution in [2.45, 2.75) is 66.5 Å². The quantitative estimate of drug-likeness (QED) is 0.599. The molecular weight excluding hydrogens is 400 g/mol. The van der Waals surface area contributed by atoms with Crippen molar-refractivity contribution < 1.29 is 9.32 Å². The average molecular weight is 429 g/mol. The van der Waals surface area contributed by atoms with Crippen LogP contribution in [0.1, 0.15) is 78.1 Å². The maximum absolute atomic E-state index is 12.9. The lowest BCUT2D eigenvalue weighted by atomic mass is 9.86. The van der Waals surface area contributed by atoms with Gasteiger partial charge in [0.25, 0.3) is 5.91 Å². The summed E-state index contributed by atoms with van der Waals surface area (Å²) in [7, 11) is 0. The van der Waals surface area contributed by atoms with Crippen LogP contribution in [0, 0.1) is 20.8 Å². The third kappa shape index (κ3) is 4.43. The Bertz CT molecular complexity index is 1060. The molecule has 160 valence electrons. The highest BCUT2D eigenvalue weighted by molar-refractivity contribution is 6.31. The molecule has 3 aromatic rings. The average Bonchev–Trinajstić information content (AvgIpc) is 3.16. The van der Waals surface area contributed by atoms with Gasteiger partial charge in [0.15, 0.2) is 5.69 Å². The lowest BCUT2D eigenvalue weighted by Crippen LogP contribution is -2.28. The number of hydrogen-bond acceptors (Lipinski definition) is 4. The fourth-order valence-corrected chi connectivity index (χ4v) is 3.49. The van der Waals surface area contributed by atoms with Crippen LogP contribution in [0.5, 0.6) is 0 Å². The lowest BCUT2D eigenvalue weighted by Gasteiger charge is -2.20. The van der Waals surface area contributed by atoms with Gasteiger partial charge in [-0.05, 0) is 44.2 Å². The maximum atomic E-state index is 12.9. The normalized spacial score (nSPS) is 12.8. The highest BCUT2D eigenvalue weighted by atomic mass is 35.5. The Kier molecular flexibility index (Phi) is 6.09. The first-order valence-electron chi connectivity index (χ1n) is 10.0. The molecule has 0 saturated carbocycles. The molecule has 1 amide bonds. The van der Waals surface area contributed by atoms with E-state index in [1.165, 1.54) is 5.56 Å². The molecule has 1 N–H and O–H groups in total. The van der Waals surface area contributed by atoms with Crippen LogP contribution in [0.25, 0.3) is 0 Å². The first-order valence-corrected chi connectivity index (χ1v) is 10.4. The van der Waals surface area contributed by atoms with Crippen LogP contribution in [0.2, 0.25) is 5.02 Å².